The topological polar surface area (TPSA) is 41.1 Å². The zero-order chi connectivity index (χ0) is 14.9. The van der Waals surface area contributed by atoms with Gasteiger partial charge in [-0.3, -0.25) is 4.79 Å². The molecule has 0 radical (unpaired) electrons. The Balaban J connectivity index is 1.66. The Kier molecular flexibility index (Phi) is 3.92. The number of carbonyl (C=O) groups is 1. The molecule has 1 aromatic carbocycles. The van der Waals surface area contributed by atoms with Crippen LogP contribution < -0.4 is 10.6 Å². The Morgan fingerprint density at radius 3 is 2.62 bits per heavy atom. The highest BCUT2D eigenvalue weighted by Crippen LogP contribution is 2.37. The van der Waals surface area contributed by atoms with Crippen molar-refractivity contribution in [3.05, 3.63) is 24.3 Å². The molecule has 2 aliphatic rings. The summed E-state index contributed by atoms with van der Waals surface area (Å²) in [6.45, 7) is 4.70. The maximum atomic E-state index is 11.8. The van der Waals surface area contributed by atoms with Gasteiger partial charge in [-0.15, -0.1) is 0 Å². The average Bonchev–Trinajstić information content (AvgIpc) is 3.26. The van der Waals surface area contributed by atoms with Gasteiger partial charge in [0.25, 0.3) is 0 Å². The summed E-state index contributed by atoms with van der Waals surface area (Å²) >= 11 is 0. The summed E-state index contributed by atoms with van der Waals surface area (Å²) in [5.74, 6) is 0.420. The van der Waals surface area contributed by atoms with Gasteiger partial charge in [-0.25, -0.2) is 0 Å². The third kappa shape index (κ3) is 3.58. The second kappa shape index (κ2) is 5.70. The van der Waals surface area contributed by atoms with Crippen LogP contribution in [0.2, 0.25) is 0 Å². The van der Waals surface area contributed by atoms with Crippen LogP contribution in [0.5, 0.6) is 0 Å². The van der Waals surface area contributed by atoms with E-state index in [1.807, 2.05) is 12.1 Å². The molecule has 2 fully saturated rings. The molecule has 3 rings (SSSR count). The van der Waals surface area contributed by atoms with E-state index >= 15 is 0 Å². The van der Waals surface area contributed by atoms with E-state index in [2.05, 4.69) is 36.6 Å². The molecule has 3 nitrogen and oxygen atoms in total. The predicted molar refractivity (Wildman–Crippen MR) is 87.5 cm³/mol. The summed E-state index contributed by atoms with van der Waals surface area (Å²) in [7, 11) is 0. The van der Waals surface area contributed by atoms with Gasteiger partial charge in [-0.2, -0.15) is 0 Å². The zero-order valence-corrected chi connectivity index (χ0v) is 13.1. The smallest absolute Gasteiger partial charge is 0.227 e. The summed E-state index contributed by atoms with van der Waals surface area (Å²) in [5, 5.41) is 6.70. The van der Waals surface area contributed by atoms with Crippen molar-refractivity contribution in [1.82, 2.24) is 0 Å². The van der Waals surface area contributed by atoms with E-state index in [0.717, 1.165) is 24.2 Å². The number of hydrogen-bond acceptors (Lipinski definition) is 2. The Morgan fingerprint density at radius 1 is 1.14 bits per heavy atom. The molecule has 1 aromatic rings. The number of hydrogen-bond donors (Lipinski definition) is 2. The van der Waals surface area contributed by atoms with Crippen molar-refractivity contribution >= 4 is 17.3 Å². The van der Waals surface area contributed by atoms with Crippen LogP contribution in [0.25, 0.3) is 0 Å². The van der Waals surface area contributed by atoms with Crippen molar-refractivity contribution in [3.63, 3.8) is 0 Å². The molecule has 0 spiro atoms. The second-order valence-electron chi connectivity index (χ2n) is 7.28. The number of anilines is 2. The van der Waals surface area contributed by atoms with Crippen LogP contribution >= 0.6 is 0 Å². The first-order valence-electron chi connectivity index (χ1n) is 8.22. The minimum Gasteiger partial charge on any atom is -0.382 e. The maximum absolute atomic E-state index is 11.8. The highest BCUT2D eigenvalue weighted by molar-refractivity contribution is 5.94. The summed E-state index contributed by atoms with van der Waals surface area (Å²) < 4.78 is 0. The van der Waals surface area contributed by atoms with Crippen molar-refractivity contribution in [2.24, 2.45) is 11.3 Å². The van der Waals surface area contributed by atoms with Crippen molar-refractivity contribution in [2.75, 3.05) is 10.6 Å². The molecule has 1 unspecified atom stereocenters. The number of benzene rings is 1. The van der Waals surface area contributed by atoms with Crippen molar-refractivity contribution < 1.29 is 4.79 Å². The quantitative estimate of drug-likeness (QED) is 0.860. The summed E-state index contributed by atoms with van der Waals surface area (Å²) in [6.07, 6.45) is 7.23. The molecular formula is C18H26N2O. The summed E-state index contributed by atoms with van der Waals surface area (Å²) in [4.78, 5) is 11.8. The van der Waals surface area contributed by atoms with E-state index in [4.69, 9.17) is 0 Å². The standard InChI is InChI=1S/C18H26N2O/c1-18(2)11-4-3-8-16(18)19-14-6-5-7-15(12-14)20-17(21)13-9-10-13/h5-7,12-13,16,19H,3-4,8-11H2,1-2H3,(H,20,21). The van der Waals surface area contributed by atoms with Crippen LogP contribution in [-0.2, 0) is 4.79 Å². The van der Waals surface area contributed by atoms with E-state index in [1.54, 1.807) is 0 Å². The van der Waals surface area contributed by atoms with Crippen LogP contribution in [0.3, 0.4) is 0 Å². The fraction of sp³-hybridized carbons (Fsp3) is 0.611. The third-order valence-corrected chi connectivity index (χ3v) is 4.93. The lowest BCUT2D eigenvalue weighted by molar-refractivity contribution is -0.117. The molecule has 0 saturated heterocycles. The fourth-order valence-corrected chi connectivity index (χ4v) is 3.24. The SMILES string of the molecule is CC1(C)CCCCC1Nc1cccc(NC(=O)C2CC2)c1. The molecular weight excluding hydrogens is 260 g/mol. The van der Waals surface area contributed by atoms with Crippen LogP contribution in [-0.4, -0.2) is 11.9 Å². The van der Waals surface area contributed by atoms with Crippen LogP contribution in [0.15, 0.2) is 24.3 Å². The van der Waals surface area contributed by atoms with E-state index in [1.165, 1.54) is 25.7 Å². The Labute approximate surface area is 127 Å². The van der Waals surface area contributed by atoms with E-state index in [0.29, 0.717) is 11.5 Å². The average molecular weight is 286 g/mol. The maximum Gasteiger partial charge on any atom is 0.227 e. The van der Waals surface area contributed by atoms with Crippen molar-refractivity contribution in [1.29, 1.82) is 0 Å². The molecule has 3 heteroatoms. The highest BCUT2D eigenvalue weighted by Gasteiger charge is 2.32. The van der Waals surface area contributed by atoms with E-state index < -0.39 is 0 Å². The lowest BCUT2D eigenvalue weighted by Crippen LogP contribution is -2.38. The molecule has 0 aromatic heterocycles. The number of amides is 1. The van der Waals surface area contributed by atoms with Gasteiger partial charge in [-0.1, -0.05) is 32.8 Å². The molecule has 1 atom stereocenters. The molecule has 114 valence electrons. The molecule has 21 heavy (non-hydrogen) atoms. The number of rotatable bonds is 4. The molecule has 2 aliphatic carbocycles. The lowest BCUT2D eigenvalue weighted by Gasteiger charge is -2.39. The predicted octanol–water partition coefficient (Wildman–Crippen LogP) is 4.42. The van der Waals surface area contributed by atoms with Crippen LogP contribution in [0, 0.1) is 11.3 Å². The summed E-state index contributed by atoms with van der Waals surface area (Å²) in [5.41, 5.74) is 2.36. The largest absolute Gasteiger partial charge is 0.382 e. The summed E-state index contributed by atoms with van der Waals surface area (Å²) in [6, 6.07) is 8.65. The van der Waals surface area contributed by atoms with Crippen molar-refractivity contribution in [3.8, 4) is 0 Å². The minimum absolute atomic E-state index is 0.171. The van der Waals surface area contributed by atoms with Gasteiger partial charge < -0.3 is 10.6 Å². The van der Waals surface area contributed by atoms with Gasteiger partial charge in [-0.05, 0) is 49.3 Å². The van der Waals surface area contributed by atoms with Crippen LogP contribution in [0.4, 0.5) is 11.4 Å². The van der Waals surface area contributed by atoms with Gasteiger partial charge in [0.2, 0.25) is 5.91 Å². The molecule has 2 saturated carbocycles. The third-order valence-electron chi connectivity index (χ3n) is 4.93. The Bertz CT molecular complexity index is 520. The Hall–Kier alpha value is -1.51. The van der Waals surface area contributed by atoms with Crippen molar-refractivity contribution in [2.45, 2.75) is 58.4 Å². The number of nitrogens with one attached hydrogen (secondary N) is 2. The van der Waals surface area contributed by atoms with E-state index in [-0.39, 0.29) is 11.8 Å². The first kappa shape index (κ1) is 14.4. The second-order valence-corrected chi connectivity index (χ2v) is 7.28. The highest BCUT2D eigenvalue weighted by atomic mass is 16.2. The van der Waals surface area contributed by atoms with Gasteiger partial charge in [0.05, 0.1) is 0 Å². The fourth-order valence-electron chi connectivity index (χ4n) is 3.24. The molecule has 2 N–H and O–H groups in total. The zero-order valence-electron chi connectivity index (χ0n) is 13.1. The molecule has 0 aliphatic heterocycles. The minimum atomic E-state index is 0.171. The van der Waals surface area contributed by atoms with Crippen LogP contribution in [0.1, 0.15) is 52.4 Å². The molecule has 1 amide bonds. The lowest BCUT2D eigenvalue weighted by atomic mass is 9.73. The molecule has 0 heterocycles. The number of carbonyl (C=O) groups excluding carboxylic acids is 1. The van der Waals surface area contributed by atoms with Gasteiger partial charge in [0.1, 0.15) is 0 Å². The Morgan fingerprint density at radius 2 is 1.90 bits per heavy atom. The first-order valence-corrected chi connectivity index (χ1v) is 8.22. The van der Waals surface area contributed by atoms with Gasteiger partial charge in [0, 0.05) is 23.3 Å². The monoisotopic (exact) mass is 286 g/mol. The van der Waals surface area contributed by atoms with Gasteiger partial charge in [0.15, 0.2) is 0 Å². The normalized spacial score (nSPS) is 24.4. The van der Waals surface area contributed by atoms with E-state index in [9.17, 15) is 4.79 Å². The van der Waals surface area contributed by atoms with Gasteiger partial charge >= 0.3 is 0 Å². The first-order chi connectivity index (χ1) is 10.0. The molecule has 0 bridgehead atoms.